The third-order valence-corrected chi connectivity index (χ3v) is 6.84. The van der Waals surface area contributed by atoms with Crippen molar-refractivity contribution in [1.82, 2.24) is 9.55 Å². The number of rotatable bonds is 9. The molecule has 7 heteroatoms. The zero-order chi connectivity index (χ0) is 25.9. The highest BCUT2D eigenvalue weighted by atomic mass is 16.5. The van der Waals surface area contributed by atoms with Crippen LogP contribution < -0.4 is 19.1 Å². The number of imidazole rings is 1. The maximum absolute atomic E-state index is 13.2. The smallest absolute Gasteiger partial charge is 0.227 e. The number of nitrogens with zero attached hydrogens (tertiary/aromatic N) is 3. The second kappa shape index (κ2) is 10.5. The lowest BCUT2D eigenvalue weighted by molar-refractivity contribution is -0.117. The summed E-state index contributed by atoms with van der Waals surface area (Å²) < 4.78 is 19.3. The Labute approximate surface area is 217 Å². The molecule has 0 N–H and O–H groups in total. The maximum atomic E-state index is 13.2. The minimum absolute atomic E-state index is 0.0313. The molecule has 0 spiro atoms. The summed E-state index contributed by atoms with van der Waals surface area (Å²) in [5.74, 6) is 3.18. The maximum Gasteiger partial charge on any atom is 0.227 e. The molecule has 5 rings (SSSR count). The van der Waals surface area contributed by atoms with E-state index < -0.39 is 0 Å². The first kappa shape index (κ1) is 24.7. The summed E-state index contributed by atoms with van der Waals surface area (Å²) in [5, 5.41) is 0. The average Bonchev–Trinajstić information content (AvgIpc) is 3.46. The molecule has 1 fully saturated rings. The van der Waals surface area contributed by atoms with E-state index in [-0.39, 0.29) is 11.8 Å². The number of fused-ring (bicyclic) bond motifs is 1. The first-order valence-electron chi connectivity index (χ1n) is 12.7. The van der Waals surface area contributed by atoms with Crippen LogP contribution in [0.1, 0.15) is 35.7 Å². The fraction of sp³-hybridized carbons (Fsp3) is 0.333. The Balaban J connectivity index is 1.37. The van der Waals surface area contributed by atoms with Gasteiger partial charge in [0.2, 0.25) is 5.91 Å². The van der Waals surface area contributed by atoms with Crippen LogP contribution in [0.3, 0.4) is 0 Å². The van der Waals surface area contributed by atoms with E-state index in [4.69, 9.17) is 19.2 Å². The first-order chi connectivity index (χ1) is 18.0. The van der Waals surface area contributed by atoms with Crippen LogP contribution in [-0.2, 0) is 11.3 Å². The van der Waals surface area contributed by atoms with Gasteiger partial charge in [0, 0.05) is 31.5 Å². The Morgan fingerprint density at radius 1 is 0.946 bits per heavy atom. The van der Waals surface area contributed by atoms with Gasteiger partial charge in [-0.05, 0) is 67.8 Å². The van der Waals surface area contributed by atoms with Crippen LogP contribution in [0.2, 0.25) is 0 Å². The quantitative estimate of drug-likeness (QED) is 0.278. The third-order valence-electron chi connectivity index (χ3n) is 6.84. The molecule has 192 valence electrons. The molecule has 1 aliphatic heterocycles. The second-order valence-electron chi connectivity index (χ2n) is 9.58. The number of ether oxygens (including phenoxy) is 3. The first-order valence-corrected chi connectivity index (χ1v) is 12.7. The monoisotopic (exact) mass is 499 g/mol. The summed E-state index contributed by atoms with van der Waals surface area (Å²) in [6.07, 6.45) is 1.22. The molecule has 1 aromatic heterocycles. The molecule has 1 atom stereocenters. The average molecular weight is 500 g/mol. The number of aromatic nitrogens is 2. The number of benzene rings is 3. The molecule has 4 aromatic rings. The number of hydrogen-bond donors (Lipinski definition) is 0. The van der Waals surface area contributed by atoms with Crippen molar-refractivity contribution in [3.8, 4) is 17.2 Å². The van der Waals surface area contributed by atoms with Gasteiger partial charge in [-0.3, -0.25) is 4.79 Å². The lowest BCUT2D eigenvalue weighted by atomic mass is 10.1. The van der Waals surface area contributed by atoms with E-state index in [2.05, 4.69) is 42.7 Å². The normalized spacial score (nSPS) is 15.4. The number of carbonyl (C=O) groups excluding carboxylic acids is 1. The van der Waals surface area contributed by atoms with Crippen molar-refractivity contribution in [2.45, 2.75) is 39.2 Å². The van der Waals surface area contributed by atoms with Crippen molar-refractivity contribution in [3.05, 3.63) is 77.6 Å². The van der Waals surface area contributed by atoms with Crippen LogP contribution >= 0.6 is 0 Å². The van der Waals surface area contributed by atoms with Gasteiger partial charge in [-0.15, -0.1) is 0 Å². The van der Waals surface area contributed by atoms with E-state index in [9.17, 15) is 4.79 Å². The van der Waals surface area contributed by atoms with Crippen molar-refractivity contribution in [1.29, 1.82) is 0 Å². The Hall–Kier alpha value is -4.00. The van der Waals surface area contributed by atoms with Gasteiger partial charge in [0.05, 0.1) is 37.5 Å². The van der Waals surface area contributed by atoms with E-state index in [1.54, 1.807) is 19.1 Å². The summed E-state index contributed by atoms with van der Waals surface area (Å²) in [5.41, 5.74) is 5.13. The SMILES string of the molecule is COc1ccc(OC)c(N2C[C@H](c3nc4ccccc4n3CCCOc3cc(C)cc(C)c3)CC2=O)c1. The van der Waals surface area contributed by atoms with Crippen molar-refractivity contribution >= 4 is 22.6 Å². The fourth-order valence-electron chi connectivity index (χ4n) is 5.19. The number of methoxy groups -OCH3 is 2. The number of hydrogen-bond acceptors (Lipinski definition) is 5. The van der Waals surface area contributed by atoms with Crippen molar-refractivity contribution in [3.63, 3.8) is 0 Å². The summed E-state index contributed by atoms with van der Waals surface area (Å²) in [4.78, 5) is 20.0. The molecule has 1 amide bonds. The van der Waals surface area contributed by atoms with Gasteiger partial charge in [-0.1, -0.05) is 18.2 Å². The van der Waals surface area contributed by atoms with Gasteiger partial charge < -0.3 is 23.7 Å². The van der Waals surface area contributed by atoms with Crippen molar-refractivity contribution < 1.29 is 19.0 Å². The zero-order valence-electron chi connectivity index (χ0n) is 21.9. The minimum atomic E-state index is -0.0313. The predicted molar refractivity (Wildman–Crippen MR) is 145 cm³/mol. The highest BCUT2D eigenvalue weighted by Gasteiger charge is 2.36. The van der Waals surface area contributed by atoms with E-state index >= 15 is 0 Å². The van der Waals surface area contributed by atoms with Gasteiger partial charge in [0.1, 0.15) is 23.1 Å². The number of aryl methyl sites for hydroxylation is 3. The standard InChI is InChI=1S/C30H33N3O4/c1-20-14-21(2)16-24(15-20)37-13-7-12-32-26-9-6-5-8-25(26)31-30(32)22-17-29(34)33(19-22)27-18-23(35-3)10-11-28(27)36-4/h5-6,8-11,14-16,18,22H,7,12-13,17,19H2,1-4H3/t22-/m1/s1. The lowest BCUT2D eigenvalue weighted by Crippen LogP contribution is -2.25. The molecule has 0 radical (unpaired) electrons. The molecule has 1 aliphatic rings. The second-order valence-corrected chi connectivity index (χ2v) is 9.58. The van der Waals surface area contributed by atoms with Gasteiger partial charge in [0.25, 0.3) is 0 Å². The van der Waals surface area contributed by atoms with Crippen molar-refractivity contribution in [2.24, 2.45) is 0 Å². The van der Waals surface area contributed by atoms with E-state index in [1.807, 2.05) is 36.4 Å². The molecule has 2 heterocycles. The molecule has 0 unspecified atom stereocenters. The molecular formula is C30H33N3O4. The Kier molecular flexibility index (Phi) is 7.04. The van der Waals surface area contributed by atoms with E-state index in [0.29, 0.717) is 31.1 Å². The van der Waals surface area contributed by atoms with Crippen LogP contribution in [0.15, 0.2) is 60.7 Å². The fourth-order valence-corrected chi connectivity index (χ4v) is 5.19. The predicted octanol–water partition coefficient (Wildman–Crippen LogP) is 5.66. The van der Waals surface area contributed by atoms with Gasteiger partial charge >= 0.3 is 0 Å². The molecule has 1 saturated heterocycles. The molecule has 0 bridgehead atoms. The molecule has 7 nitrogen and oxygen atoms in total. The van der Waals surface area contributed by atoms with Gasteiger partial charge in [-0.25, -0.2) is 4.98 Å². The van der Waals surface area contributed by atoms with Crippen LogP contribution in [0, 0.1) is 13.8 Å². The van der Waals surface area contributed by atoms with Crippen LogP contribution in [0.4, 0.5) is 5.69 Å². The molecule has 37 heavy (non-hydrogen) atoms. The Bertz CT molecular complexity index is 1410. The zero-order valence-corrected chi connectivity index (χ0v) is 21.9. The Morgan fingerprint density at radius 3 is 2.49 bits per heavy atom. The summed E-state index contributed by atoms with van der Waals surface area (Å²) >= 11 is 0. The van der Waals surface area contributed by atoms with Gasteiger partial charge in [-0.2, -0.15) is 0 Å². The Morgan fingerprint density at radius 2 is 1.73 bits per heavy atom. The number of carbonyl (C=O) groups is 1. The number of para-hydroxylation sites is 2. The summed E-state index contributed by atoms with van der Waals surface area (Å²) in [6, 6.07) is 19.9. The van der Waals surface area contributed by atoms with E-state index in [0.717, 1.165) is 41.3 Å². The molecule has 0 saturated carbocycles. The van der Waals surface area contributed by atoms with E-state index in [1.165, 1.54) is 11.1 Å². The number of amides is 1. The highest BCUT2D eigenvalue weighted by Crippen LogP contribution is 2.39. The number of anilines is 1. The van der Waals surface area contributed by atoms with Crippen LogP contribution in [0.5, 0.6) is 17.2 Å². The molecule has 0 aliphatic carbocycles. The van der Waals surface area contributed by atoms with Crippen LogP contribution in [0.25, 0.3) is 11.0 Å². The molecular weight excluding hydrogens is 466 g/mol. The topological polar surface area (TPSA) is 65.8 Å². The van der Waals surface area contributed by atoms with Crippen LogP contribution in [-0.4, -0.2) is 42.8 Å². The highest BCUT2D eigenvalue weighted by molar-refractivity contribution is 5.98. The summed E-state index contributed by atoms with van der Waals surface area (Å²) in [6.45, 7) is 6.05. The van der Waals surface area contributed by atoms with Crippen molar-refractivity contribution in [2.75, 3.05) is 32.3 Å². The minimum Gasteiger partial charge on any atom is -0.497 e. The largest absolute Gasteiger partial charge is 0.497 e. The third kappa shape index (κ3) is 5.12. The lowest BCUT2D eigenvalue weighted by Gasteiger charge is -2.20. The molecule has 3 aromatic carbocycles. The van der Waals surface area contributed by atoms with Gasteiger partial charge in [0.15, 0.2) is 0 Å². The summed E-state index contributed by atoms with van der Waals surface area (Å²) in [7, 11) is 3.23.